The summed E-state index contributed by atoms with van der Waals surface area (Å²) in [7, 11) is 0. The number of ether oxygens (including phenoxy) is 3. The summed E-state index contributed by atoms with van der Waals surface area (Å²) in [6.45, 7) is 4.15. The molecule has 0 aromatic heterocycles. The van der Waals surface area contributed by atoms with Crippen LogP contribution in [0.3, 0.4) is 0 Å². The second kappa shape index (κ2) is 10.4. The van der Waals surface area contributed by atoms with Crippen molar-refractivity contribution in [2.75, 3.05) is 19.8 Å². The first-order chi connectivity index (χ1) is 16.4. The first-order valence-electron chi connectivity index (χ1n) is 10.9. The van der Waals surface area contributed by atoms with E-state index in [1.54, 1.807) is 26.0 Å². The molecule has 1 saturated heterocycles. The summed E-state index contributed by atoms with van der Waals surface area (Å²) >= 11 is 0. The molecule has 0 aliphatic carbocycles. The van der Waals surface area contributed by atoms with Crippen LogP contribution in [0.5, 0.6) is 5.75 Å². The highest BCUT2D eigenvalue weighted by Crippen LogP contribution is 2.34. The van der Waals surface area contributed by atoms with Gasteiger partial charge in [-0.25, -0.2) is 13.2 Å². The summed E-state index contributed by atoms with van der Waals surface area (Å²) in [4.78, 5) is 0. The highest BCUT2D eigenvalue weighted by atomic mass is 19.2. The van der Waals surface area contributed by atoms with E-state index in [1.165, 1.54) is 48.5 Å². The molecule has 0 spiro atoms. The molecule has 178 valence electrons. The maximum Gasteiger partial charge on any atom is 0.201 e. The van der Waals surface area contributed by atoms with Gasteiger partial charge in [0.05, 0.1) is 13.2 Å². The van der Waals surface area contributed by atoms with Gasteiger partial charge in [0.15, 0.2) is 29.5 Å². The van der Waals surface area contributed by atoms with Crippen LogP contribution in [0.2, 0.25) is 0 Å². The zero-order valence-corrected chi connectivity index (χ0v) is 18.8. The lowest BCUT2D eigenvalue weighted by Crippen LogP contribution is -2.29. The van der Waals surface area contributed by atoms with Crippen LogP contribution in [0, 0.1) is 23.3 Å². The van der Waals surface area contributed by atoms with Gasteiger partial charge in [0.2, 0.25) is 5.82 Å². The van der Waals surface area contributed by atoms with Gasteiger partial charge in [-0.2, -0.15) is 4.39 Å². The van der Waals surface area contributed by atoms with Gasteiger partial charge in [-0.3, -0.25) is 0 Å². The third kappa shape index (κ3) is 4.86. The second-order valence-corrected chi connectivity index (χ2v) is 7.96. The molecule has 1 heterocycles. The summed E-state index contributed by atoms with van der Waals surface area (Å²) < 4.78 is 74.7. The first kappa shape index (κ1) is 24.0. The molecule has 0 radical (unpaired) electrons. The third-order valence-electron chi connectivity index (χ3n) is 5.74. The minimum Gasteiger partial charge on any atom is -0.486 e. The minimum absolute atomic E-state index is 0.0379. The zero-order chi connectivity index (χ0) is 24.2. The van der Waals surface area contributed by atoms with Gasteiger partial charge in [0.25, 0.3) is 0 Å². The lowest BCUT2D eigenvalue weighted by atomic mass is 9.94. The van der Waals surface area contributed by atoms with Crippen molar-refractivity contribution in [3.63, 3.8) is 0 Å². The quantitative estimate of drug-likeness (QED) is 0.285. The van der Waals surface area contributed by atoms with Crippen molar-refractivity contribution in [3.8, 4) is 28.0 Å². The predicted octanol–water partition coefficient (Wildman–Crippen LogP) is 7.01. The lowest BCUT2D eigenvalue weighted by Gasteiger charge is -2.28. The fourth-order valence-electron chi connectivity index (χ4n) is 3.81. The van der Waals surface area contributed by atoms with Gasteiger partial charge in [0, 0.05) is 17.0 Å². The zero-order valence-electron chi connectivity index (χ0n) is 18.8. The van der Waals surface area contributed by atoms with E-state index in [-0.39, 0.29) is 48.6 Å². The monoisotopic (exact) mass is 472 g/mol. The van der Waals surface area contributed by atoms with Crippen LogP contribution in [0.15, 0.2) is 60.7 Å². The van der Waals surface area contributed by atoms with Crippen LogP contribution in [-0.4, -0.2) is 26.1 Å². The van der Waals surface area contributed by atoms with E-state index in [9.17, 15) is 17.6 Å². The van der Waals surface area contributed by atoms with Crippen molar-refractivity contribution >= 4 is 0 Å². The Labute approximate surface area is 195 Å². The Morgan fingerprint density at radius 2 is 1.35 bits per heavy atom. The fourth-order valence-corrected chi connectivity index (χ4v) is 3.81. The molecule has 0 saturated carbocycles. The van der Waals surface area contributed by atoms with Crippen LogP contribution in [0.1, 0.15) is 25.3 Å². The van der Waals surface area contributed by atoms with Gasteiger partial charge in [-0.1, -0.05) is 48.6 Å². The van der Waals surface area contributed by atoms with E-state index in [1.807, 2.05) is 0 Å². The van der Waals surface area contributed by atoms with E-state index in [2.05, 4.69) is 0 Å². The van der Waals surface area contributed by atoms with E-state index in [4.69, 9.17) is 14.2 Å². The molecule has 4 rings (SSSR count). The van der Waals surface area contributed by atoms with Crippen molar-refractivity contribution < 1.29 is 31.8 Å². The number of halogens is 4. The fraction of sp³-hybridized carbons (Fsp3) is 0.259. The molecule has 1 fully saturated rings. The number of hydrogen-bond acceptors (Lipinski definition) is 3. The van der Waals surface area contributed by atoms with Crippen LogP contribution in [0.4, 0.5) is 17.6 Å². The van der Waals surface area contributed by atoms with Crippen LogP contribution in [-0.2, 0) is 9.47 Å². The maximum absolute atomic E-state index is 14.9. The van der Waals surface area contributed by atoms with E-state index in [0.717, 1.165) is 0 Å². The van der Waals surface area contributed by atoms with Crippen molar-refractivity contribution in [2.24, 2.45) is 0 Å². The summed E-state index contributed by atoms with van der Waals surface area (Å²) in [6.07, 6.45) is 3.05. The molecular weight excluding hydrogens is 448 g/mol. The molecular formula is C27H24F4O3. The predicted molar refractivity (Wildman–Crippen MR) is 122 cm³/mol. The average molecular weight is 472 g/mol. The molecule has 34 heavy (non-hydrogen) atoms. The number of hydrogen-bond donors (Lipinski definition) is 0. The standard InChI is InChI=1S/C27H24F4O3/c1-3-4-13-32-23-12-11-21(26(30)27(23)31)18-7-5-17(6-8-18)20-9-10-22(25(29)24(20)28)19-14-33-16(2)34-15-19/h3-12,16,19H,13-15H2,1-2H3/b4-3+. The van der Waals surface area contributed by atoms with E-state index in [0.29, 0.717) is 11.1 Å². The second-order valence-electron chi connectivity index (χ2n) is 7.96. The van der Waals surface area contributed by atoms with Gasteiger partial charge >= 0.3 is 0 Å². The summed E-state index contributed by atoms with van der Waals surface area (Å²) in [5.41, 5.74) is 1.10. The smallest absolute Gasteiger partial charge is 0.201 e. The van der Waals surface area contributed by atoms with E-state index >= 15 is 0 Å². The highest BCUT2D eigenvalue weighted by molar-refractivity contribution is 5.72. The van der Waals surface area contributed by atoms with Crippen molar-refractivity contribution in [2.45, 2.75) is 26.1 Å². The molecule has 3 aromatic carbocycles. The van der Waals surface area contributed by atoms with Gasteiger partial charge in [0.1, 0.15) is 6.61 Å². The molecule has 0 amide bonds. The van der Waals surface area contributed by atoms with Gasteiger partial charge in [-0.15, -0.1) is 0 Å². The van der Waals surface area contributed by atoms with Gasteiger partial charge in [-0.05, 0) is 42.7 Å². The SMILES string of the molecule is C/C=C/COc1ccc(-c2ccc(-c3ccc(C4COC(C)OC4)c(F)c3F)cc2)c(F)c1F. The Bertz CT molecular complexity index is 1180. The molecule has 1 aliphatic rings. The Kier molecular flexibility index (Phi) is 7.34. The largest absolute Gasteiger partial charge is 0.486 e. The normalized spacial score (nSPS) is 18.4. The van der Waals surface area contributed by atoms with Crippen molar-refractivity contribution in [1.82, 2.24) is 0 Å². The Morgan fingerprint density at radius 1 is 0.794 bits per heavy atom. The van der Waals surface area contributed by atoms with Crippen molar-refractivity contribution in [3.05, 3.63) is 89.5 Å². The molecule has 3 aromatic rings. The van der Waals surface area contributed by atoms with E-state index < -0.39 is 29.2 Å². The molecule has 0 atom stereocenters. The molecule has 7 heteroatoms. The first-order valence-corrected chi connectivity index (χ1v) is 10.9. The minimum atomic E-state index is -1.08. The summed E-state index contributed by atoms with van der Waals surface area (Å²) in [5, 5.41) is 0. The number of benzene rings is 3. The summed E-state index contributed by atoms with van der Waals surface area (Å²) in [6, 6.07) is 11.9. The summed E-state index contributed by atoms with van der Waals surface area (Å²) in [5.74, 6) is -4.64. The lowest BCUT2D eigenvalue weighted by molar-refractivity contribution is -0.176. The van der Waals surface area contributed by atoms with Crippen LogP contribution < -0.4 is 4.74 Å². The molecule has 0 bridgehead atoms. The molecule has 0 N–H and O–H groups in total. The Balaban J connectivity index is 1.57. The Hall–Kier alpha value is -3.16. The Morgan fingerprint density at radius 3 is 1.94 bits per heavy atom. The molecule has 0 unspecified atom stereocenters. The van der Waals surface area contributed by atoms with Crippen LogP contribution in [0.25, 0.3) is 22.3 Å². The maximum atomic E-state index is 14.9. The van der Waals surface area contributed by atoms with Crippen LogP contribution >= 0.6 is 0 Å². The van der Waals surface area contributed by atoms with Gasteiger partial charge < -0.3 is 14.2 Å². The highest BCUT2D eigenvalue weighted by Gasteiger charge is 2.26. The topological polar surface area (TPSA) is 27.7 Å². The number of allylic oxidation sites excluding steroid dienone is 1. The molecule has 1 aliphatic heterocycles. The van der Waals surface area contributed by atoms with Crippen molar-refractivity contribution in [1.29, 1.82) is 0 Å². The molecule has 3 nitrogen and oxygen atoms in total. The number of rotatable bonds is 6. The average Bonchev–Trinajstić information content (AvgIpc) is 2.85. The third-order valence-corrected chi connectivity index (χ3v) is 5.74.